The molecule has 8 heteroatoms. The minimum atomic E-state index is -3.57. The Morgan fingerprint density at radius 3 is 2.37 bits per heavy atom. The standard InChI is InChI=1S/C19H22N4O3S/c1-14-11-18(15(2)10-17(14)26-3)27(24,25)23-8-6-22(7-9-23)19-5-4-16(12-20)13-21-19/h4-5,10-11,13H,6-9H2,1-3H3. The van der Waals surface area contributed by atoms with Crippen LogP contribution in [0.5, 0.6) is 5.75 Å². The van der Waals surface area contributed by atoms with Gasteiger partial charge in [0.15, 0.2) is 0 Å². The highest BCUT2D eigenvalue weighted by atomic mass is 32.2. The molecule has 2 aromatic rings. The van der Waals surface area contributed by atoms with Gasteiger partial charge in [0.25, 0.3) is 0 Å². The normalized spacial score (nSPS) is 15.4. The van der Waals surface area contributed by atoms with E-state index in [1.807, 2.05) is 17.9 Å². The predicted octanol–water partition coefficient (Wildman–Crippen LogP) is 2.09. The van der Waals surface area contributed by atoms with Crippen LogP contribution in [0.3, 0.4) is 0 Å². The van der Waals surface area contributed by atoms with E-state index < -0.39 is 10.0 Å². The Morgan fingerprint density at radius 1 is 1.11 bits per heavy atom. The molecular weight excluding hydrogens is 364 g/mol. The number of hydrogen-bond acceptors (Lipinski definition) is 6. The number of rotatable bonds is 4. The Bertz CT molecular complexity index is 973. The molecule has 1 fully saturated rings. The Morgan fingerprint density at radius 2 is 1.81 bits per heavy atom. The van der Waals surface area contributed by atoms with E-state index in [1.165, 1.54) is 10.5 Å². The summed E-state index contributed by atoms with van der Waals surface area (Å²) in [5, 5.41) is 8.86. The van der Waals surface area contributed by atoms with Gasteiger partial charge in [-0.05, 0) is 49.2 Å². The van der Waals surface area contributed by atoms with Crippen molar-refractivity contribution in [1.82, 2.24) is 9.29 Å². The summed E-state index contributed by atoms with van der Waals surface area (Å²) in [5.41, 5.74) is 1.97. The molecule has 0 saturated carbocycles. The van der Waals surface area contributed by atoms with Crippen molar-refractivity contribution < 1.29 is 13.2 Å². The largest absolute Gasteiger partial charge is 0.496 e. The van der Waals surface area contributed by atoms with Crippen LogP contribution in [0.2, 0.25) is 0 Å². The number of benzene rings is 1. The number of hydrogen-bond donors (Lipinski definition) is 0. The number of aromatic nitrogens is 1. The zero-order valence-electron chi connectivity index (χ0n) is 15.6. The van der Waals surface area contributed by atoms with E-state index in [9.17, 15) is 8.42 Å². The molecule has 0 amide bonds. The summed E-state index contributed by atoms with van der Waals surface area (Å²) in [6.45, 7) is 5.49. The molecule has 2 heterocycles. The Hall–Kier alpha value is -2.63. The lowest BCUT2D eigenvalue weighted by molar-refractivity contribution is 0.383. The van der Waals surface area contributed by atoms with Gasteiger partial charge in [-0.25, -0.2) is 13.4 Å². The molecule has 7 nitrogen and oxygen atoms in total. The number of aryl methyl sites for hydroxylation is 2. The van der Waals surface area contributed by atoms with E-state index in [-0.39, 0.29) is 0 Å². The molecule has 3 rings (SSSR count). The highest BCUT2D eigenvalue weighted by Gasteiger charge is 2.30. The zero-order valence-corrected chi connectivity index (χ0v) is 16.5. The zero-order chi connectivity index (χ0) is 19.6. The van der Waals surface area contributed by atoms with Gasteiger partial charge in [0, 0.05) is 32.4 Å². The van der Waals surface area contributed by atoms with Gasteiger partial charge in [0.2, 0.25) is 10.0 Å². The van der Waals surface area contributed by atoms with Crippen LogP contribution in [0.15, 0.2) is 35.4 Å². The van der Waals surface area contributed by atoms with Crippen LogP contribution in [0.25, 0.3) is 0 Å². The van der Waals surface area contributed by atoms with E-state index in [0.717, 1.165) is 11.4 Å². The fraction of sp³-hybridized carbons (Fsp3) is 0.368. The number of piperazine rings is 1. The molecule has 1 aromatic heterocycles. The summed E-state index contributed by atoms with van der Waals surface area (Å²) >= 11 is 0. The lowest BCUT2D eigenvalue weighted by atomic mass is 10.1. The predicted molar refractivity (Wildman–Crippen MR) is 102 cm³/mol. The SMILES string of the molecule is COc1cc(C)c(S(=O)(=O)N2CCN(c3ccc(C#N)cn3)CC2)cc1C. The number of sulfonamides is 1. The third-order valence-electron chi connectivity index (χ3n) is 4.75. The van der Waals surface area contributed by atoms with Gasteiger partial charge in [0.05, 0.1) is 17.6 Å². The maximum Gasteiger partial charge on any atom is 0.243 e. The quantitative estimate of drug-likeness (QED) is 0.800. The van der Waals surface area contributed by atoms with Gasteiger partial charge < -0.3 is 9.64 Å². The minimum absolute atomic E-state index is 0.325. The molecule has 0 atom stereocenters. The molecule has 1 aromatic carbocycles. The highest BCUT2D eigenvalue weighted by molar-refractivity contribution is 7.89. The van der Waals surface area contributed by atoms with E-state index in [0.29, 0.717) is 48.0 Å². The van der Waals surface area contributed by atoms with Crippen molar-refractivity contribution in [3.05, 3.63) is 47.2 Å². The Balaban J connectivity index is 1.77. The molecule has 0 aliphatic carbocycles. The lowest BCUT2D eigenvalue weighted by Gasteiger charge is -2.35. The maximum absolute atomic E-state index is 13.1. The minimum Gasteiger partial charge on any atom is -0.496 e. The molecule has 0 bridgehead atoms. The summed E-state index contributed by atoms with van der Waals surface area (Å²) in [5.74, 6) is 1.44. The monoisotopic (exact) mass is 386 g/mol. The molecule has 0 N–H and O–H groups in total. The topological polar surface area (TPSA) is 86.5 Å². The van der Waals surface area contributed by atoms with Crippen LogP contribution in [-0.4, -0.2) is 51.0 Å². The first kappa shape index (κ1) is 19.1. The maximum atomic E-state index is 13.1. The van der Waals surface area contributed by atoms with Crippen molar-refractivity contribution in [2.75, 3.05) is 38.2 Å². The van der Waals surface area contributed by atoms with Gasteiger partial charge in [-0.2, -0.15) is 9.57 Å². The second-order valence-electron chi connectivity index (χ2n) is 6.50. The van der Waals surface area contributed by atoms with E-state index in [1.54, 1.807) is 38.3 Å². The molecule has 0 unspecified atom stereocenters. The van der Waals surface area contributed by atoms with Gasteiger partial charge in [0.1, 0.15) is 17.6 Å². The summed E-state index contributed by atoms with van der Waals surface area (Å²) in [6, 6.07) is 8.99. The molecule has 0 spiro atoms. The highest BCUT2D eigenvalue weighted by Crippen LogP contribution is 2.28. The third kappa shape index (κ3) is 3.75. The third-order valence-corrected chi connectivity index (χ3v) is 6.79. The second kappa shape index (κ2) is 7.55. The molecular formula is C19H22N4O3S. The average Bonchev–Trinajstić information content (AvgIpc) is 2.69. The van der Waals surface area contributed by atoms with Crippen molar-refractivity contribution in [2.45, 2.75) is 18.7 Å². The molecule has 1 aliphatic rings. The molecule has 1 saturated heterocycles. The van der Waals surface area contributed by atoms with Crippen LogP contribution in [0.1, 0.15) is 16.7 Å². The van der Waals surface area contributed by atoms with Gasteiger partial charge in [-0.15, -0.1) is 0 Å². The van der Waals surface area contributed by atoms with Gasteiger partial charge in [-0.3, -0.25) is 0 Å². The first-order valence-electron chi connectivity index (χ1n) is 8.63. The summed E-state index contributed by atoms with van der Waals surface area (Å²) in [7, 11) is -1.99. The fourth-order valence-corrected chi connectivity index (χ4v) is 4.91. The number of nitrogens with zero attached hydrogens (tertiary/aromatic N) is 4. The van der Waals surface area contributed by atoms with Crippen LogP contribution >= 0.6 is 0 Å². The van der Waals surface area contributed by atoms with E-state index >= 15 is 0 Å². The molecule has 27 heavy (non-hydrogen) atoms. The Labute approximate surface area is 159 Å². The number of anilines is 1. The molecule has 142 valence electrons. The summed E-state index contributed by atoms with van der Waals surface area (Å²) < 4.78 is 33.0. The van der Waals surface area contributed by atoms with Crippen molar-refractivity contribution in [2.24, 2.45) is 0 Å². The van der Waals surface area contributed by atoms with Crippen molar-refractivity contribution in [3.8, 4) is 11.8 Å². The van der Waals surface area contributed by atoms with Crippen molar-refractivity contribution >= 4 is 15.8 Å². The number of nitriles is 1. The number of pyridine rings is 1. The summed E-state index contributed by atoms with van der Waals surface area (Å²) in [4.78, 5) is 6.64. The van der Waals surface area contributed by atoms with E-state index in [2.05, 4.69) is 4.98 Å². The number of ether oxygens (including phenoxy) is 1. The first-order valence-corrected chi connectivity index (χ1v) is 10.1. The van der Waals surface area contributed by atoms with Crippen molar-refractivity contribution in [1.29, 1.82) is 5.26 Å². The fourth-order valence-electron chi connectivity index (χ4n) is 3.20. The molecule has 1 aliphatic heterocycles. The van der Waals surface area contributed by atoms with Crippen molar-refractivity contribution in [3.63, 3.8) is 0 Å². The first-order chi connectivity index (χ1) is 12.9. The number of methoxy groups -OCH3 is 1. The smallest absolute Gasteiger partial charge is 0.243 e. The average molecular weight is 386 g/mol. The second-order valence-corrected chi connectivity index (χ2v) is 8.40. The van der Waals surface area contributed by atoms with Crippen LogP contribution in [0.4, 0.5) is 5.82 Å². The van der Waals surface area contributed by atoms with Crippen LogP contribution in [0, 0.1) is 25.2 Å². The lowest BCUT2D eigenvalue weighted by Crippen LogP contribution is -2.49. The van der Waals surface area contributed by atoms with E-state index in [4.69, 9.17) is 10.00 Å². The van der Waals surface area contributed by atoms with Crippen LogP contribution in [-0.2, 0) is 10.0 Å². The van der Waals surface area contributed by atoms with Gasteiger partial charge in [-0.1, -0.05) is 0 Å². The van der Waals surface area contributed by atoms with Gasteiger partial charge >= 0.3 is 0 Å². The Kier molecular flexibility index (Phi) is 5.35. The summed E-state index contributed by atoms with van der Waals surface area (Å²) in [6.07, 6.45) is 1.53. The van der Waals surface area contributed by atoms with Crippen LogP contribution < -0.4 is 9.64 Å². The molecule has 0 radical (unpaired) electrons.